The van der Waals surface area contributed by atoms with Crippen LogP contribution in [0.25, 0.3) is 0 Å². The molecule has 1 aliphatic heterocycles. The monoisotopic (exact) mass is 277 g/mol. The number of piperazine rings is 1. The van der Waals surface area contributed by atoms with Gasteiger partial charge >= 0.3 is 0 Å². The molecule has 104 valence electrons. The Morgan fingerprint density at radius 3 is 2.32 bits per heavy atom. The summed E-state index contributed by atoms with van der Waals surface area (Å²) in [6.45, 7) is 10.5. The van der Waals surface area contributed by atoms with Crippen molar-refractivity contribution >= 4 is 17.3 Å². The number of hydrogen-bond donors (Lipinski definition) is 1. The Morgan fingerprint density at radius 1 is 1.16 bits per heavy atom. The number of benzene rings is 1. The average molecular weight is 277 g/mol. The zero-order valence-electron chi connectivity index (χ0n) is 12.0. The minimum atomic E-state index is 0.452. The maximum atomic E-state index is 5.68. The highest BCUT2D eigenvalue weighted by Gasteiger charge is 2.22. The highest BCUT2D eigenvalue weighted by molar-refractivity contribution is 7.80. The Hall–Kier alpha value is -1.13. The number of rotatable bonds is 2. The lowest BCUT2D eigenvalue weighted by molar-refractivity contribution is 0.141. The molecule has 4 heteroatoms. The summed E-state index contributed by atoms with van der Waals surface area (Å²) in [6, 6.07) is 7.21. The first-order valence-electron chi connectivity index (χ1n) is 6.84. The second-order valence-electron chi connectivity index (χ2n) is 5.38. The van der Waals surface area contributed by atoms with Crippen LogP contribution in [0.3, 0.4) is 0 Å². The third-order valence-corrected chi connectivity index (χ3v) is 4.45. The quantitative estimate of drug-likeness (QED) is 0.840. The summed E-state index contributed by atoms with van der Waals surface area (Å²) in [5.41, 5.74) is 9.79. The van der Waals surface area contributed by atoms with Gasteiger partial charge in [-0.15, -0.1) is 0 Å². The fourth-order valence-corrected chi connectivity index (χ4v) is 2.75. The van der Waals surface area contributed by atoms with Gasteiger partial charge in [-0.1, -0.05) is 18.2 Å². The lowest BCUT2D eigenvalue weighted by Gasteiger charge is -2.38. The van der Waals surface area contributed by atoms with Crippen LogP contribution in [0.4, 0.5) is 0 Å². The second-order valence-corrected chi connectivity index (χ2v) is 5.80. The predicted molar refractivity (Wildman–Crippen MR) is 84.3 cm³/mol. The number of thiocarbonyl (C=S) groups is 1. The Bertz CT molecular complexity index is 464. The van der Waals surface area contributed by atoms with Crippen LogP contribution in [-0.4, -0.2) is 41.1 Å². The zero-order chi connectivity index (χ0) is 14.0. The maximum Gasteiger partial charge on any atom is 0.166 e. The van der Waals surface area contributed by atoms with E-state index in [2.05, 4.69) is 48.8 Å². The van der Waals surface area contributed by atoms with Crippen LogP contribution >= 0.6 is 12.2 Å². The first kappa shape index (κ1) is 14.3. The van der Waals surface area contributed by atoms with Crippen LogP contribution in [0.15, 0.2) is 18.2 Å². The third kappa shape index (κ3) is 3.25. The molecule has 19 heavy (non-hydrogen) atoms. The van der Waals surface area contributed by atoms with Crippen molar-refractivity contribution in [2.45, 2.75) is 26.8 Å². The van der Waals surface area contributed by atoms with Gasteiger partial charge in [0.25, 0.3) is 0 Å². The molecule has 1 atom stereocenters. The summed E-state index contributed by atoms with van der Waals surface area (Å²) in [5, 5.41) is 0.526. The zero-order valence-corrected chi connectivity index (χ0v) is 12.8. The Kier molecular flexibility index (Phi) is 4.42. The summed E-state index contributed by atoms with van der Waals surface area (Å²) in [4.78, 5) is 4.58. The van der Waals surface area contributed by atoms with Gasteiger partial charge < -0.3 is 10.6 Å². The van der Waals surface area contributed by atoms with Gasteiger partial charge in [0, 0.05) is 32.2 Å². The van der Waals surface area contributed by atoms with Crippen molar-refractivity contribution in [3.63, 3.8) is 0 Å². The van der Waals surface area contributed by atoms with Crippen LogP contribution in [0.5, 0.6) is 0 Å². The van der Waals surface area contributed by atoms with Crippen molar-refractivity contribution in [1.29, 1.82) is 0 Å². The number of nitrogens with zero attached hydrogens (tertiary/aromatic N) is 2. The van der Waals surface area contributed by atoms with Crippen LogP contribution in [-0.2, 0) is 0 Å². The van der Waals surface area contributed by atoms with E-state index < -0.39 is 0 Å². The molecule has 1 saturated heterocycles. The number of nitrogens with two attached hydrogens (primary N) is 1. The smallest absolute Gasteiger partial charge is 0.166 e. The highest BCUT2D eigenvalue weighted by atomic mass is 32.1. The lowest BCUT2D eigenvalue weighted by Crippen LogP contribution is -2.50. The van der Waals surface area contributed by atoms with Gasteiger partial charge in [-0.25, -0.2) is 0 Å². The van der Waals surface area contributed by atoms with E-state index in [-0.39, 0.29) is 0 Å². The molecule has 3 nitrogen and oxygen atoms in total. The molecule has 1 aromatic rings. The predicted octanol–water partition coefficient (Wildman–Crippen LogP) is 2.23. The molecule has 1 aromatic carbocycles. The Morgan fingerprint density at radius 2 is 1.79 bits per heavy atom. The molecule has 1 heterocycles. The van der Waals surface area contributed by atoms with Crippen LogP contribution in [0.2, 0.25) is 0 Å². The fourth-order valence-electron chi connectivity index (χ4n) is 2.56. The van der Waals surface area contributed by atoms with E-state index >= 15 is 0 Å². The fraction of sp³-hybridized carbons (Fsp3) is 0.533. The first-order chi connectivity index (χ1) is 8.99. The molecular weight excluding hydrogens is 254 g/mol. The van der Waals surface area contributed by atoms with Crippen molar-refractivity contribution in [3.05, 3.63) is 34.9 Å². The van der Waals surface area contributed by atoms with Crippen molar-refractivity contribution in [2.24, 2.45) is 5.73 Å². The van der Waals surface area contributed by atoms with Crippen molar-refractivity contribution in [1.82, 2.24) is 9.80 Å². The number of aryl methyl sites for hydroxylation is 2. The molecular formula is C15H23N3S. The molecule has 0 aromatic heterocycles. The molecule has 2 rings (SSSR count). The van der Waals surface area contributed by atoms with Crippen molar-refractivity contribution < 1.29 is 0 Å². The highest BCUT2D eigenvalue weighted by Crippen LogP contribution is 2.23. The summed E-state index contributed by atoms with van der Waals surface area (Å²) in [6.07, 6.45) is 0. The third-order valence-electron chi connectivity index (χ3n) is 4.19. The van der Waals surface area contributed by atoms with Gasteiger partial charge in [0.05, 0.1) is 0 Å². The van der Waals surface area contributed by atoms with E-state index in [4.69, 9.17) is 18.0 Å². The molecule has 1 fully saturated rings. The Labute approximate surface area is 121 Å². The first-order valence-corrected chi connectivity index (χ1v) is 7.25. The minimum absolute atomic E-state index is 0.452. The minimum Gasteiger partial charge on any atom is -0.376 e. The average Bonchev–Trinajstić information content (AvgIpc) is 2.41. The second kappa shape index (κ2) is 5.88. The van der Waals surface area contributed by atoms with Gasteiger partial charge in [0.2, 0.25) is 0 Å². The Balaban J connectivity index is 2.02. The molecule has 2 N–H and O–H groups in total. The van der Waals surface area contributed by atoms with Gasteiger partial charge in [-0.2, -0.15) is 0 Å². The summed E-state index contributed by atoms with van der Waals surface area (Å²) >= 11 is 5.03. The van der Waals surface area contributed by atoms with E-state index in [1.807, 2.05) is 0 Å². The van der Waals surface area contributed by atoms with Gasteiger partial charge in [0.1, 0.15) is 0 Å². The van der Waals surface area contributed by atoms with E-state index in [1.54, 1.807) is 0 Å². The van der Waals surface area contributed by atoms with Crippen LogP contribution in [0.1, 0.15) is 29.7 Å². The molecule has 0 amide bonds. The molecule has 0 radical (unpaired) electrons. The van der Waals surface area contributed by atoms with E-state index in [0.717, 1.165) is 26.2 Å². The number of hydrogen-bond acceptors (Lipinski definition) is 2. The molecule has 0 saturated carbocycles. The largest absolute Gasteiger partial charge is 0.376 e. The maximum absolute atomic E-state index is 5.68. The topological polar surface area (TPSA) is 32.5 Å². The van der Waals surface area contributed by atoms with Gasteiger partial charge in [-0.3, -0.25) is 4.90 Å². The van der Waals surface area contributed by atoms with Crippen LogP contribution < -0.4 is 5.73 Å². The van der Waals surface area contributed by atoms with Crippen molar-refractivity contribution in [3.8, 4) is 0 Å². The summed E-state index contributed by atoms with van der Waals surface area (Å²) in [5.74, 6) is 0. The van der Waals surface area contributed by atoms with E-state index in [1.165, 1.54) is 16.7 Å². The lowest BCUT2D eigenvalue weighted by atomic mass is 10.0. The van der Waals surface area contributed by atoms with E-state index in [9.17, 15) is 0 Å². The van der Waals surface area contributed by atoms with Gasteiger partial charge in [-0.05, 0) is 49.7 Å². The van der Waals surface area contributed by atoms with Crippen LogP contribution in [0, 0.1) is 13.8 Å². The standard InChI is InChI=1S/C15H23N3S/c1-11-4-5-14(10-12(11)2)13(3)17-6-8-18(9-7-17)15(16)19/h4-5,10,13H,6-9H2,1-3H3,(H2,16,19)/t13-/m0/s1. The van der Waals surface area contributed by atoms with E-state index in [0.29, 0.717) is 11.2 Å². The summed E-state index contributed by atoms with van der Waals surface area (Å²) in [7, 11) is 0. The van der Waals surface area contributed by atoms with Crippen molar-refractivity contribution in [2.75, 3.05) is 26.2 Å². The molecule has 0 aliphatic carbocycles. The molecule has 0 bridgehead atoms. The normalized spacial score (nSPS) is 18.4. The summed E-state index contributed by atoms with van der Waals surface area (Å²) < 4.78 is 0. The SMILES string of the molecule is Cc1ccc([C@H](C)N2CCN(C(N)=S)CC2)cc1C. The molecule has 0 spiro atoms. The molecule has 1 aliphatic rings. The molecule has 0 unspecified atom stereocenters. The van der Waals surface area contributed by atoms with Gasteiger partial charge in [0.15, 0.2) is 5.11 Å².